The second-order valence-corrected chi connectivity index (χ2v) is 20.6. The quantitative estimate of drug-likeness (QED) is 0.0261. The Morgan fingerprint density at radius 2 is 0.525 bits per heavy atom. The molecule has 0 aliphatic carbocycles. The molecule has 0 spiro atoms. The highest BCUT2D eigenvalue weighted by Gasteiger charge is 2.19. The van der Waals surface area contributed by atoms with Crippen LogP contribution < -0.4 is 0 Å². The van der Waals surface area contributed by atoms with Gasteiger partial charge >= 0.3 is 17.9 Å². The van der Waals surface area contributed by atoms with E-state index in [4.69, 9.17) is 14.2 Å². The first kappa shape index (κ1) is 74.8. The highest BCUT2D eigenvalue weighted by molar-refractivity contribution is 5.72. The number of hydrogen-bond donors (Lipinski definition) is 0. The number of carbonyl (C=O) groups excluding carboxylic acids is 3. The van der Waals surface area contributed by atoms with E-state index in [1.165, 1.54) is 77.0 Å². The van der Waals surface area contributed by atoms with Crippen LogP contribution >= 0.6 is 0 Å². The Bertz CT molecular complexity index is 1840. The fraction of sp³-hybridized carbons (Fsp3) is 0.581. The number of hydrogen-bond acceptors (Lipinski definition) is 6. The van der Waals surface area contributed by atoms with E-state index in [0.29, 0.717) is 19.3 Å². The van der Waals surface area contributed by atoms with Crippen LogP contribution in [0, 0.1) is 0 Å². The van der Waals surface area contributed by atoms with Gasteiger partial charge in [-0.1, -0.05) is 294 Å². The molecule has 0 saturated carbocycles. The van der Waals surface area contributed by atoms with Crippen LogP contribution in [-0.4, -0.2) is 37.2 Å². The summed E-state index contributed by atoms with van der Waals surface area (Å²) < 4.78 is 16.8. The molecule has 0 N–H and O–H groups in total. The van der Waals surface area contributed by atoms with E-state index >= 15 is 0 Å². The monoisotopic (exact) mass is 1100 g/mol. The molecule has 0 aliphatic heterocycles. The molecule has 0 bridgehead atoms. The Kier molecular flexibility index (Phi) is 61.9. The number of esters is 3. The third-order valence-corrected chi connectivity index (χ3v) is 13.0. The Morgan fingerprint density at radius 1 is 0.275 bits per heavy atom. The zero-order valence-corrected chi connectivity index (χ0v) is 51.3. The molecule has 0 radical (unpaired) electrons. The molecule has 0 aromatic carbocycles. The zero-order valence-electron chi connectivity index (χ0n) is 51.3. The van der Waals surface area contributed by atoms with Crippen molar-refractivity contribution in [3.63, 3.8) is 0 Å². The van der Waals surface area contributed by atoms with Crippen LogP contribution in [-0.2, 0) is 28.6 Å². The maximum atomic E-state index is 12.8. The van der Waals surface area contributed by atoms with Gasteiger partial charge in [-0.2, -0.15) is 0 Å². The molecule has 0 aromatic heterocycles. The van der Waals surface area contributed by atoms with Crippen molar-refractivity contribution in [2.75, 3.05) is 13.2 Å². The molecule has 0 aromatic rings. The first-order chi connectivity index (χ1) is 39.5. The summed E-state index contributed by atoms with van der Waals surface area (Å²) in [5, 5.41) is 0. The van der Waals surface area contributed by atoms with Gasteiger partial charge in [0.15, 0.2) is 6.10 Å². The van der Waals surface area contributed by atoms with Crippen LogP contribution in [0.5, 0.6) is 0 Å². The van der Waals surface area contributed by atoms with Crippen molar-refractivity contribution >= 4 is 17.9 Å². The average Bonchev–Trinajstić information content (AvgIpc) is 3.46. The molecule has 1 atom stereocenters. The Hall–Kier alpha value is -5.23. The average molecular weight is 1100 g/mol. The minimum atomic E-state index is -0.843. The lowest BCUT2D eigenvalue weighted by atomic mass is 10.0. The van der Waals surface area contributed by atoms with E-state index in [1.54, 1.807) is 6.08 Å². The molecule has 0 fully saturated rings. The summed E-state index contributed by atoms with van der Waals surface area (Å²) >= 11 is 0. The predicted molar refractivity (Wildman–Crippen MR) is 348 cm³/mol. The molecular weight excluding hydrogens is 985 g/mol. The second-order valence-electron chi connectivity index (χ2n) is 20.6. The normalized spacial score (nSPS) is 13.3. The summed E-state index contributed by atoms with van der Waals surface area (Å²) in [5.41, 5.74) is 0. The van der Waals surface area contributed by atoms with Crippen LogP contribution in [0.4, 0.5) is 0 Å². The van der Waals surface area contributed by atoms with E-state index < -0.39 is 12.1 Å². The lowest BCUT2D eigenvalue weighted by Crippen LogP contribution is -2.30. The molecule has 1 unspecified atom stereocenters. The molecule has 0 rings (SSSR count). The van der Waals surface area contributed by atoms with E-state index in [2.05, 4.69) is 179 Å². The third kappa shape index (κ3) is 63.6. The SMILES string of the molecule is CC/C=C\C/C=C\C/C=C\C/C=C\C/C=C\C/C=C\C/C=C\C/C=C\C/C=C\CCCCCCCCCC(=O)OCC(COC(=O)CCCCCCCCCCCCCC)OC(=O)C/C=C\C/C=C\C/C=C\C/C=C\C/C=C\CC. The smallest absolute Gasteiger partial charge is 0.310 e. The van der Waals surface area contributed by atoms with E-state index in [0.717, 1.165) is 135 Å². The van der Waals surface area contributed by atoms with Gasteiger partial charge in [-0.15, -0.1) is 0 Å². The Labute approximate surface area is 492 Å². The van der Waals surface area contributed by atoms with E-state index in [-0.39, 0.29) is 31.6 Å². The highest BCUT2D eigenvalue weighted by Crippen LogP contribution is 2.14. The van der Waals surface area contributed by atoms with Gasteiger partial charge < -0.3 is 14.2 Å². The molecule has 80 heavy (non-hydrogen) atoms. The van der Waals surface area contributed by atoms with Gasteiger partial charge in [-0.05, 0) is 116 Å². The molecule has 0 aliphatic rings. The lowest BCUT2D eigenvalue weighted by molar-refractivity contribution is -0.166. The third-order valence-electron chi connectivity index (χ3n) is 13.0. The van der Waals surface area contributed by atoms with Gasteiger partial charge in [0.2, 0.25) is 0 Å². The van der Waals surface area contributed by atoms with Crippen molar-refractivity contribution in [3.05, 3.63) is 170 Å². The number of allylic oxidation sites excluding steroid dienone is 27. The standard InChI is InChI=1S/C74H116O6/c1-4-7-10-13-16-19-22-25-27-28-29-30-31-32-33-34-35-36-37-38-39-40-41-42-43-44-45-46-48-49-52-55-58-61-64-67-73(76)79-70-71(69-78-72(75)66-63-60-57-54-51-24-21-18-15-12-9-6-3)80-74(77)68-65-62-59-56-53-50-47-26-23-20-17-14-11-8-5-2/h7-8,10-11,16-17,19-20,25-27,29-30,32-33,35-36,38-39,41-42,44-45,47,53,56,62,65,71H,4-6,9,12-15,18,21-24,28,31,34,37,40,43,46,48-52,54-55,57-61,63-64,66-70H2,1-3H3/b10-7-,11-8-,19-16-,20-17-,27-25-,30-29-,33-32-,36-35-,39-38-,42-41-,45-44-,47-26-,56-53-,65-62-. The molecular formula is C74H116O6. The van der Waals surface area contributed by atoms with Crippen molar-refractivity contribution in [2.45, 2.75) is 264 Å². The summed E-state index contributed by atoms with van der Waals surface area (Å²) in [7, 11) is 0. The first-order valence-corrected chi connectivity index (χ1v) is 32.1. The number of rotatable bonds is 56. The van der Waals surface area contributed by atoms with Crippen LogP contribution in [0.2, 0.25) is 0 Å². The molecule has 6 nitrogen and oxygen atoms in total. The fourth-order valence-corrected chi connectivity index (χ4v) is 8.27. The minimum absolute atomic E-state index is 0.0887. The lowest BCUT2D eigenvalue weighted by Gasteiger charge is -2.18. The van der Waals surface area contributed by atoms with Crippen LogP contribution in [0.25, 0.3) is 0 Å². The highest BCUT2D eigenvalue weighted by atomic mass is 16.6. The van der Waals surface area contributed by atoms with Gasteiger partial charge in [0.05, 0.1) is 6.42 Å². The van der Waals surface area contributed by atoms with Crippen molar-refractivity contribution in [3.8, 4) is 0 Å². The molecule has 0 amide bonds. The number of ether oxygens (including phenoxy) is 3. The van der Waals surface area contributed by atoms with Crippen LogP contribution in [0.3, 0.4) is 0 Å². The van der Waals surface area contributed by atoms with Gasteiger partial charge in [0, 0.05) is 12.8 Å². The van der Waals surface area contributed by atoms with Gasteiger partial charge in [-0.25, -0.2) is 0 Å². The van der Waals surface area contributed by atoms with Crippen molar-refractivity contribution in [1.29, 1.82) is 0 Å². The summed E-state index contributed by atoms with van der Waals surface area (Å²) in [6.45, 7) is 6.31. The topological polar surface area (TPSA) is 78.9 Å². The largest absolute Gasteiger partial charge is 0.462 e. The summed E-state index contributed by atoms with van der Waals surface area (Å²) in [4.78, 5) is 38.1. The molecule has 6 heteroatoms. The van der Waals surface area contributed by atoms with Crippen LogP contribution in [0.15, 0.2) is 170 Å². The molecule has 0 heterocycles. The summed E-state index contributed by atoms with van der Waals surface area (Å²) in [5.74, 6) is -1.07. The van der Waals surface area contributed by atoms with Crippen molar-refractivity contribution in [1.82, 2.24) is 0 Å². The molecule has 448 valence electrons. The van der Waals surface area contributed by atoms with Gasteiger partial charge in [0.1, 0.15) is 13.2 Å². The van der Waals surface area contributed by atoms with Gasteiger partial charge in [0.25, 0.3) is 0 Å². The fourth-order valence-electron chi connectivity index (χ4n) is 8.27. The molecule has 0 saturated heterocycles. The summed E-state index contributed by atoms with van der Waals surface area (Å²) in [6, 6.07) is 0. The van der Waals surface area contributed by atoms with Crippen molar-refractivity contribution < 1.29 is 28.6 Å². The Morgan fingerprint density at radius 3 is 0.825 bits per heavy atom. The summed E-state index contributed by atoms with van der Waals surface area (Å²) in [6.07, 6.45) is 98.2. The first-order valence-electron chi connectivity index (χ1n) is 32.1. The van der Waals surface area contributed by atoms with Gasteiger partial charge in [-0.3, -0.25) is 14.4 Å². The minimum Gasteiger partial charge on any atom is -0.462 e. The Balaban J connectivity index is 4.33. The van der Waals surface area contributed by atoms with E-state index in [1.807, 2.05) is 6.08 Å². The maximum Gasteiger partial charge on any atom is 0.310 e. The second kappa shape index (κ2) is 66.3. The van der Waals surface area contributed by atoms with E-state index in [9.17, 15) is 14.4 Å². The van der Waals surface area contributed by atoms with Crippen molar-refractivity contribution in [2.24, 2.45) is 0 Å². The zero-order chi connectivity index (χ0) is 57.8. The number of carbonyl (C=O) groups is 3. The predicted octanol–water partition coefficient (Wildman–Crippen LogP) is 22.3. The number of unbranched alkanes of at least 4 members (excludes halogenated alkanes) is 18. The maximum absolute atomic E-state index is 12.8. The van der Waals surface area contributed by atoms with Crippen LogP contribution in [0.1, 0.15) is 258 Å².